The van der Waals surface area contributed by atoms with Crippen LogP contribution in [0.4, 0.5) is 0 Å². The maximum atomic E-state index is 12.9. The molecule has 4 rings (SSSR count). The topological polar surface area (TPSA) is 66.8 Å². The van der Waals surface area contributed by atoms with Gasteiger partial charge in [0.25, 0.3) is 5.91 Å². The lowest BCUT2D eigenvalue weighted by molar-refractivity contribution is 0.0719. The van der Waals surface area contributed by atoms with Crippen molar-refractivity contribution in [3.63, 3.8) is 0 Å². The van der Waals surface area contributed by atoms with Crippen molar-refractivity contribution < 1.29 is 4.79 Å². The fourth-order valence-electron chi connectivity index (χ4n) is 3.38. The standard InChI is InChI=1S/C17H18ClN5O/c1-10-5-6-12-13(8-10)21-16(20-12)14-4-3-7-23(14)17(24)15-11(18)9-19-22(15)2/h5-6,8-9,14H,3-4,7H2,1-2H3,(H,20,21)/t14-/m1/s1. The van der Waals surface area contributed by atoms with Crippen molar-refractivity contribution in [1.29, 1.82) is 0 Å². The second-order valence-electron chi connectivity index (χ2n) is 6.26. The van der Waals surface area contributed by atoms with Gasteiger partial charge in [-0.3, -0.25) is 9.48 Å². The lowest BCUT2D eigenvalue weighted by atomic mass is 10.2. The molecule has 1 aliphatic rings. The van der Waals surface area contributed by atoms with E-state index in [0.29, 0.717) is 17.3 Å². The molecular formula is C17H18ClN5O. The number of aromatic amines is 1. The Kier molecular flexibility index (Phi) is 3.57. The Morgan fingerprint density at radius 2 is 2.25 bits per heavy atom. The van der Waals surface area contributed by atoms with Gasteiger partial charge in [-0.2, -0.15) is 5.10 Å². The Morgan fingerprint density at radius 3 is 3.00 bits per heavy atom. The normalized spacial score (nSPS) is 17.8. The molecule has 0 aliphatic carbocycles. The van der Waals surface area contributed by atoms with Gasteiger partial charge in [0.15, 0.2) is 0 Å². The minimum Gasteiger partial charge on any atom is -0.340 e. The lowest BCUT2D eigenvalue weighted by Gasteiger charge is -2.23. The number of benzene rings is 1. The quantitative estimate of drug-likeness (QED) is 0.776. The number of amides is 1. The monoisotopic (exact) mass is 343 g/mol. The number of hydrogen-bond acceptors (Lipinski definition) is 3. The van der Waals surface area contributed by atoms with E-state index in [-0.39, 0.29) is 11.9 Å². The first-order chi connectivity index (χ1) is 11.5. The number of nitrogens with zero attached hydrogens (tertiary/aromatic N) is 4. The molecule has 1 saturated heterocycles. The van der Waals surface area contributed by atoms with Gasteiger partial charge in [-0.25, -0.2) is 4.98 Å². The van der Waals surface area contributed by atoms with Crippen molar-refractivity contribution in [2.75, 3.05) is 6.54 Å². The van der Waals surface area contributed by atoms with Crippen LogP contribution in [0.2, 0.25) is 5.02 Å². The fraction of sp³-hybridized carbons (Fsp3) is 0.353. The number of carbonyl (C=O) groups is 1. The Morgan fingerprint density at radius 1 is 1.42 bits per heavy atom. The second-order valence-corrected chi connectivity index (χ2v) is 6.67. The third kappa shape index (κ3) is 2.38. The first kappa shape index (κ1) is 15.2. The van der Waals surface area contributed by atoms with Crippen LogP contribution in [0.5, 0.6) is 0 Å². The zero-order valence-electron chi connectivity index (χ0n) is 13.6. The molecule has 1 aliphatic heterocycles. The molecule has 3 heterocycles. The van der Waals surface area contributed by atoms with Gasteiger partial charge in [-0.05, 0) is 37.5 Å². The maximum absolute atomic E-state index is 12.9. The smallest absolute Gasteiger partial charge is 0.274 e. The summed E-state index contributed by atoms with van der Waals surface area (Å²) in [7, 11) is 1.73. The average Bonchev–Trinajstić information content (AvgIpc) is 3.24. The number of halogens is 1. The lowest BCUT2D eigenvalue weighted by Crippen LogP contribution is -2.32. The van der Waals surface area contributed by atoms with Crippen LogP contribution in [0.25, 0.3) is 11.0 Å². The predicted molar refractivity (Wildman–Crippen MR) is 92.1 cm³/mol. The van der Waals surface area contributed by atoms with E-state index >= 15 is 0 Å². The van der Waals surface area contributed by atoms with Crippen molar-refractivity contribution in [2.45, 2.75) is 25.8 Å². The largest absolute Gasteiger partial charge is 0.340 e. The van der Waals surface area contributed by atoms with Crippen LogP contribution in [-0.4, -0.2) is 37.1 Å². The van der Waals surface area contributed by atoms with E-state index in [2.05, 4.69) is 28.1 Å². The summed E-state index contributed by atoms with van der Waals surface area (Å²) in [5.74, 6) is 0.735. The molecule has 1 atom stereocenters. The molecule has 0 radical (unpaired) electrons. The highest BCUT2D eigenvalue weighted by atomic mass is 35.5. The highest BCUT2D eigenvalue weighted by Crippen LogP contribution is 2.33. The molecule has 24 heavy (non-hydrogen) atoms. The Bertz CT molecular complexity index is 909. The Balaban J connectivity index is 1.70. The van der Waals surface area contributed by atoms with Crippen molar-refractivity contribution in [2.24, 2.45) is 7.05 Å². The first-order valence-corrected chi connectivity index (χ1v) is 8.37. The fourth-order valence-corrected chi connectivity index (χ4v) is 3.63. The van der Waals surface area contributed by atoms with Gasteiger partial charge in [0, 0.05) is 13.6 Å². The van der Waals surface area contributed by atoms with Crippen LogP contribution >= 0.6 is 11.6 Å². The van der Waals surface area contributed by atoms with E-state index < -0.39 is 0 Å². The van der Waals surface area contributed by atoms with E-state index in [1.165, 1.54) is 16.4 Å². The molecule has 1 amide bonds. The second kappa shape index (κ2) is 5.63. The summed E-state index contributed by atoms with van der Waals surface area (Å²) in [6.45, 7) is 2.75. The van der Waals surface area contributed by atoms with Crippen LogP contribution in [0, 0.1) is 6.92 Å². The third-order valence-corrected chi connectivity index (χ3v) is 4.86. The first-order valence-electron chi connectivity index (χ1n) is 7.99. The minimum atomic E-state index is -0.0980. The van der Waals surface area contributed by atoms with Gasteiger partial charge in [-0.1, -0.05) is 17.7 Å². The molecule has 0 unspecified atom stereocenters. The summed E-state index contributed by atoms with van der Waals surface area (Å²) in [5, 5.41) is 4.45. The molecule has 6 nitrogen and oxygen atoms in total. The highest BCUT2D eigenvalue weighted by molar-refractivity contribution is 6.33. The SMILES string of the molecule is Cc1ccc2nc([C@H]3CCCN3C(=O)c3c(Cl)cnn3C)[nH]c2c1. The number of fused-ring (bicyclic) bond motifs is 1. The number of H-pyrrole nitrogens is 1. The van der Waals surface area contributed by atoms with Gasteiger partial charge < -0.3 is 9.88 Å². The highest BCUT2D eigenvalue weighted by Gasteiger charge is 2.34. The van der Waals surface area contributed by atoms with Crippen LogP contribution in [0.15, 0.2) is 24.4 Å². The molecule has 1 fully saturated rings. The van der Waals surface area contributed by atoms with Gasteiger partial charge in [-0.15, -0.1) is 0 Å². The summed E-state index contributed by atoms with van der Waals surface area (Å²) < 4.78 is 1.53. The van der Waals surface area contributed by atoms with E-state index in [4.69, 9.17) is 11.6 Å². The molecule has 7 heteroatoms. The van der Waals surface area contributed by atoms with Gasteiger partial charge >= 0.3 is 0 Å². The number of aryl methyl sites for hydroxylation is 2. The van der Waals surface area contributed by atoms with E-state index in [0.717, 1.165) is 29.7 Å². The Hall–Kier alpha value is -2.34. The van der Waals surface area contributed by atoms with Gasteiger partial charge in [0.2, 0.25) is 0 Å². The predicted octanol–water partition coefficient (Wildman–Crippen LogP) is 3.24. The van der Waals surface area contributed by atoms with Crippen molar-refractivity contribution >= 4 is 28.5 Å². The number of rotatable bonds is 2. The number of nitrogens with one attached hydrogen (secondary N) is 1. The van der Waals surface area contributed by atoms with E-state index in [1.54, 1.807) is 7.05 Å². The van der Waals surface area contributed by atoms with Crippen LogP contribution in [0.1, 0.15) is 40.8 Å². The average molecular weight is 344 g/mol. The molecule has 124 valence electrons. The van der Waals surface area contributed by atoms with Crippen LogP contribution < -0.4 is 0 Å². The summed E-state index contributed by atoms with van der Waals surface area (Å²) in [6.07, 6.45) is 3.34. The van der Waals surface area contributed by atoms with E-state index in [1.807, 2.05) is 17.0 Å². The van der Waals surface area contributed by atoms with Crippen molar-refractivity contribution in [3.8, 4) is 0 Å². The van der Waals surface area contributed by atoms with Crippen LogP contribution in [0.3, 0.4) is 0 Å². The maximum Gasteiger partial charge on any atom is 0.274 e. The van der Waals surface area contributed by atoms with Gasteiger partial charge in [0.05, 0.1) is 28.3 Å². The van der Waals surface area contributed by atoms with Crippen molar-refractivity contribution in [1.82, 2.24) is 24.6 Å². The number of hydrogen-bond donors (Lipinski definition) is 1. The Labute approximate surface area is 144 Å². The zero-order valence-corrected chi connectivity index (χ0v) is 14.3. The summed E-state index contributed by atoms with van der Waals surface area (Å²) >= 11 is 6.14. The summed E-state index contributed by atoms with van der Waals surface area (Å²) in [4.78, 5) is 22.8. The number of carbonyl (C=O) groups excluding carboxylic acids is 1. The molecule has 3 aromatic rings. The van der Waals surface area contributed by atoms with E-state index in [9.17, 15) is 4.79 Å². The number of imidazole rings is 1. The molecular weight excluding hydrogens is 326 g/mol. The molecule has 0 bridgehead atoms. The molecule has 1 aromatic carbocycles. The molecule has 2 aromatic heterocycles. The summed E-state index contributed by atoms with van der Waals surface area (Å²) in [6, 6.07) is 6.06. The third-order valence-electron chi connectivity index (χ3n) is 4.58. The van der Waals surface area contributed by atoms with Crippen LogP contribution in [-0.2, 0) is 7.05 Å². The van der Waals surface area contributed by atoms with Crippen molar-refractivity contribution in [3.05, 3.63) is 46.5 Å². The minimum absolute atomic E-state index is 0.0591. The zero-order chi connectivity index (χ0) is 16.8. The number of likely N-dealkylation sites (tertiary alicyclic amines) is 1. The molecule has 0 saturated carbocycles. The summed E-state index contributed by atoms with van der Waals surface area (Å²) in [5.41, 5.74) is 3.53. The number of aromatic nitrogens is 4. The van der Waals surface area contributed by atoms with Gasteiger partial charge in [0.1, 0.15) is 11.5 Å². The molecule has 0 spiro atoms. The molecule has 1 N–H and O–H groups in total.